The normalized spacial score (nSPS) is 16.8. The molecule has 7 nitrogen and oxygen atoms in total. The highest BCUT2D eigenvalue weighted by Crippen LogP contribution is 2.46. The molecule has 0 aromatic heterocycles. The second kappa shape index (κ2) is 8.61. The molecule has 0 saturated heterocycles. The van der Waals surface area contributed by atoms with Crippen molar-refractivity contribution >= 4 is 34.9 Å². The van der Waals surface area contributed by atoms with E-state index >= 15 is 0 Å². The van der Waals surface area contributed by atoms with Gasteiger partial charge in [0.2, 0.25) is 0 Å². The summed E-state index contributed by atoms with van der Waals surface area (Å²) in [6, 6.07) is 20.6. The Kier molecular flexibility index (Phi) is 5.55. The van der Waals surface area contributed by atoms with E-state index in [4.69, 9.17) is 4.74 Å². The zero-order chi connectivity index (χ0) is 25.6. The molecule has 2 heterocycles. The van der Waals surface area contributed by atoms with Gasteiger partial charge >= 0.3 is 5.97 Å². The van der Waals surface area contributed by atoms with Gasteiger partial charge in [0.1, 0.15) is 0 Å². The molecule has 2 amide bonds. The third-order valence-corrected chi connectivity index (χ3v) is 6.74. The van der Waals surface area contributed by atoms with E-state index in [1.54, 1.807) is 24.3 Å². The van der Waals surface area contributed by atoms with Crippen molar-refractivity contribution in [1.29, 1.82) is 0 Å². The van der Waals surface area contributed by atoms with Crippen molar-refractivity contribution in [3.05, 3.63) is 107 Å². The largest absolute Gasteiger partial charge is 0.454 e. The Bertz CT molecular complexity index is 1420. The maximum absolute atomic E-state index is 12.7. The zero-order valence-electron chi connectivity index (χ0n) is 20.1. The number of nitrogens with zero attached hydrogens (tertiary/aromatic N) is 2. The number of carbonyl (C=O) groups is 4. The minimum Gasteiger partial charge on any atom is -0.454 e. The molecule has 2 aliphatic rings. The second-order valence-corrected chi connectivity index (χ2v) is 9.31. The van der Waals surface area contributed by atoms with Gasteiger partial charge in [-0.25, -0.2) is 9.69 Å². The number of carbonyl (C=O) groups excluding carboxylic acids is 4. The predicted octanol–water partition coefficient (Wildman–Crippen LogP) is 4.52. The third kappa shape index (κ3) is 3.69. The van der Waals surface area contributed by atoms with Crippen LogP contribution in [0.1, 0.15) is 50.5 Å². The Balaban J connectivity index is 1.25. The summed E-state index contributed by atoms with van der Waals surface area (Å²) in [4.78, 5) is 53.6. The number of benzene rings is 3. The van der Waals surface area contributed by atoms with Gasteiger partial charge in [-0.1, -0.05) is 44.2 Å². The van der Waals surface area contributed by atoms with Crippen molar-refractivity contribution in [2.45, 2.75) is 19.3 Å². The third-order valence-electron chi connectivity index (χ3n) is 6.74. The number of amides is 2. The Morgan fingerprint density at radius 2 is 1.44 bits per heavy atom. The van der Waals surface area contributed by atoms with E-state index in [9.17, 15) is 19.2 Å². The molecule has 0 spiro atoms. The highest BCUT2D eigenvalue weighted by molar-refractivity contribution is 6.34. The van der Waals surface area contributed by atoms with Crippen LogP contribution in [0.4, 0.5) is 11.4 Å². The van der Waals surface area contributed by atoms with Crippen LogP contribution >= 0.6 is 0 Å². The van der Waals surface area contributed by atoms with Gasteiger partial charge in [-0.3, -0.25) is 14.4 Å². The SMILES string of the molecule is CN1C(=CC(=O)COC(=O)c2ccc(N3C(=O)c4ccccc4C3=O)cc2)C(C)(C)c2ccccc21. The van der Waals surface area contributed by atoms with Crippen molar-refractivity contribution in [3.8, 4) is 0 Å². The van der Waals surface area contributed by atoms with Crippen molar-refractivity contribution in [2.75, 3.05) is 23.5 Å². The minimum atomic E-state index is -0.669. The summed E-state index contributed by atoms with van der Waals surface area (Å²) in [7, 11) is 1.91. The number of rotatable bonds is 5. The molecule has 3 aromatic carbocycles. The molecule has 2 aliphatic heterocycles. The smallest absolute Gasteiger partial charge is 0.338 e. The van der Waals surface area contributed by atoms with Gasteiger partial charge in [-0.05, 0) is 48.0 Å². The standard InChI is InChI=1S/C29H24N2O5/c1-29(2)23-10-6-7-11-24(23)30(3)25(29)16-20(32)17-36-28(35)18-12-14-19(15-13-18)31-26(33)21-8-4-5-9-22(21)27(31)34/h4-16H,17H2,1-3H3. The monoisotopic (exact) mass is 480 g/mol. The minimum absolute atomic E-state index is 0.210. The number of hydrogen-bond acceptors (Lipinski definition) is 6. The van der Waals surface area contributed by atoms with E-state index in [0.717, 1.165) is 21.8 Å². The number of likely N-dealkylation sites (N-methyl/N-ethyl adjacent to an activating group) is 1. The molecule has 0 atom stereocenters. The maximum Gasteiger partial charge on any atom is 0.338 e. The van der Waals surface area contributed by atoms with E-state index in [2.05, 4.69) is 13.8 Å². The topological polar surface area (TPSA) is 84.0 Å². The quantitative estimate of drug-likeness (QED) is 0.303. The summed E-state index contributed by atoms with van der Waals surface area (Å²) in [6.45, 7) is 3.70. The summed E-state index contributed by atoms with van der Waals surface area (Å²) in [5.74, 6) is -1.82. The first-order chi connectivity index (χ1) is 17.2. The van der Waals surface area contributed by atoms with E-state index in [-0.39, 0.29) is 16.8 Å². The molecule has 0 aliphatic carbocycles. The van der Waals surface area contributed by atoms with E-state index in [1.807, 2.05) is 36.2 Å². The predicted molar refractivity (Wildman–Crippen MR) is 135 cm³/mol. The van der Waals surface area contributed by atoms with Crippen LogP contribution in [0.5, 0.6) is 0 Å². The lowest BCUT2D eigenvalue weighted by Gasteiger charge is -2.23. The number of imide groups is 1. The number of anilines is 2. The lowest BCUT2D eigenvalue weighted by molar-refractivity contribution is -0.117. The molecular weight excluding hydrogens is 456 g/mol. The average Bonchev–Trinajstić information content (AvgIpc) is 3.25. The molecule has 0 N–H and O–H groups in total. The molecule has 3 aromatic rings. The second-order valence-electron chi connectivity index (χ2n) is 9.31. The number of hydrogen-bond donors (Lipinski definition) is 0. The van der Waals surface area contributed by atoms with Crippen molar-refractivity contribution in [3.63, 3.8) is 0 Å². The van der Waals surface area contributed by atoms with Gasteiger partial charge in [-0.2, -0.15) is 0 Å². The molecule has 180 valence electrons. The highest BCUT2D eigenvalue weighted by atomic mass is 16.5. The van der Waals surface area contributed by atoms with Gasteiger partial charge in [0.05, 0.1) is 22.4 Å². The van der Waals surface area contributed by atoms with Crippen LogP contribution in [0, 0.1) is 0 Å². The van der Waals surface area contributed by atoms with Crippen LogP contribution in [0.2, 0.25) is 0 Å². The summed E-state index contributed by atoms with van der Waals surface area (Å²) in [6.07, 6.45) is 1.53. The Morgan fingerprint density at radius 3 is 2.06 bits per heavy atom. The van der Waals surface area contributed by atoms with Crippen LogP contribution in [0.25, 0.3) is 0 Å². The lowest BCUT2D eigenvalue weighted by atomic mass is 9.83. The number of ether oxygens (including phenoxy) is 1. The number of allylic oxidation sites excluding steroid dienone is 1. The summed E-state index contributed by atoms with van der Waals surface area (Å²) >= 11 is 0. The fourth-order valence-corrected chi connectivity index (χ4v) is 4.84. The number of ketones is 1. The van der Waals surface area contributed by atoms with Crippen molar-refractivity contribution in [1.82, 2.24) is 0 Å². The Morgan fingerprint density at radius 1 is 0.861 bits per heavy atom. The Labute approximate surface area is 208 Å². The van der Waals surface area contributed by atoms with Crippen LogP contribution in [-0.4, -0.2) is 37.2 Å². The van der Waals surface area contributed by atoms with Gasteiger partial charge in [0.25, 0.3) is 11.8 Å². The summed E-state index contributed by atoms with van der Waals surface area (Å²) in [5.41, 5.74) is 3.89. The van der Waals surface area contributed by atoms with E-state index in [1.165, 1.54) is 30.3 Å². The Hall–Kier alpha value is -4.52. The molecule has 0 saturated carbocycles. The molecule has 5 rings (SSSR count). The summed E-state index contributed by atoms with van der Waals surface area (Å²) < 4.78 is 5.24. The van der Waals surface area contributed by atoms with Gasteiger partial charge in [0, 0.05) is 29.9 Å². The first-order valence-electron chi connectivity index (χ1n) is 11.5. The van der Waals surface area contributed by atoms with Gasteiger partial charge in [0.15, 0.2) is 12.4 Å². The van der Waals surface area contributed by atoms with E-state index in [0.29, 0.717) is 16.8 Å². The molecule has 36 heavy (non-hydrogen) atoms. The van der Waals surface area contributed by atoms with Gasteiger partial charge in [-0.15, -0.1) is 0 Å². The number of para-hydroxylation sites is 1. The zero-order valence-corrected chi connectivity index (χ0v) is 20.1. The molecule has 0 bridgehead atoms. The number of fused-ring (bicyclic) bond motifs is 2. The van der Waals surface area contributed by atoms with Crippen molar-refractivity contribution in [2.24, 2.45) is 0 Å². The van der Waals surface area contributed by atoms with Crippen LogP contribution in [-0.2, 0) is 14.9 Å². The van der Waals surface area contributed by atoms with Crippen LogP contribution < -0.4 is 9.80 Å². The molecule has 0 radical (unpaired) electrons. The molecule has 7 heteroatoms. The van der Waals surface area contributed by atoms with Gasteiger partial charge < -0.3 is 9.64 Å². The lowest BCUT2D eigenvalue weighted by Crippen LogP contribution is -2.29. The number of esters is 1. The molecular formula is C29H24N2O5. The average molecular weight is 481 g/mol. The summed E-state index contributed by atoms with van der Waals surface area (Å²) in [5, 5.41) is 0. The van der Waals surface area contributed by atoms with Crippen molar-refractivity contribution < 1.29 is 23.9 Å². The van der Waals surface area contributed by atoms with E-state index < -0.39 is 24.4 Å². The van der Waals surface area contributed by atoms with Crippen LogP contribution in [0.15, 0.2) is 84.6 Å². The highest BCUT2D eigenvalue weighted by Gasteiger charge is 2.39. The fourth-order valence-electron chi connectivity index (χ4n) is 4.84. The maximum atomic E-state index is 12.7. The molecule has 0 unspecified atom stereocenters. The first kappa shape index (κ1) is 23.2. The molecule has 0 fully saturated rings. The van der Waals surface area contributed by atoms with Crippen LogP contribution in [0.3, 0.4) is 0 Å². The first-order valence-corrected chi connectivity index (χ1v) is 11.5. The fraction of sp³-hybridized carbons (Fsp3) is 0.172.